The van der Waals surface area contributed by atoms with Crippen LogP contribution in [0.25, 0.3) is 0 Å². The smallest absolute Gasteiger partial charge is 0.119 e. The van der Waals surface area contributed by atoms with Crippen LogP contribution in [-0.2, 0) is 12.8 Å². The molecule has 0 bridgehead atoms. The number of benzene rings is 1. The molecule has 1 aromatic carbocycles. The summed E-state index contributed by atoms with van der Waals surface area (Å²) in [5, 5.41) is 0. The summed E-state index contributed by atoms with van der Waals surface area (Å²) < 4.78 is 6.10. The van der Waals surface area contributed by atoms with Gasteiger partial charge in [-0.15, -0.1) is 0 Å². The maximum Gasteiger partial charge on any atom is 0.119 e. The zero-order valence-electron chi connectivity index (χ0n) is 17.1. The van der Waals surface area contributed by atoms with Crippen LogP contribution in [0.5, 0.6) is 5.75 Å². The first-order valence-corrected chi connectivity index (χ1v) is 11.5. The van der Waals surface area contributed by atoms with Gasteiger partial charge < -0.3 is 9.64 Å². The van der Waals surface area contributed by atoms with E-state index in [9.17, 15) is 0 Å². The van der Waals surface area contributed by atoms with Crippen molar-refractivity contribution < 1.29 is 4.74 Å². The number of hydrogen-bond acceptors (Lipinski definition) is 2. The first-order valence-electron chi connectivity index (χ1n) is 11.5. The van der Waals surface area contributed by atoms with E-state index in [4.69, 9.17) is 4.74 Å². The van der Waals surface area contributed by atoms with E-state index in [2.05, 4.69) is 29.7 Å². The SMILES string of the molecule is C=C(CCCOc1ccc2c(c1)CCC(C1CCC1)CC2)N1CCCCC1. The quantitative estimate of drug-likeness (QED) is 0.424. The Morgan fingerprint density at radius 1 is 0.926 bits per heavy atom. The minimum atomic E-state index is 0.802. The Morgan fingerprint density at radius 3 is 2.41 bits per heavy atom. The predicted octanol–water partition coefficient (Wildman–Crippen LogP) is 6.14. The van der Waals surface area contributed by atoms with E-state index in [-0.39, 0.29) is 0 Å². The van der Waals surface area contributed by atoms with Crippen LogP contribution in [0.2, 0.25) is 0 Å². The fourth-order valence-corrected chi connectivity index (χ4v) is 5.21. The van der Waals surface area contributed by atoms with Crippen LogP contribution in [0.15, 0.2) is 30.5 Å². The number of rotatable bonds is 7. The maximum absolute atomic E-state index is 6.10. The highest BCUT2D eigenvalue weighted by molar-refractivity contribution is 5.36. The summed E-state index contributed by atoms with van der Waals surface area (Å²) in [5.41, 5.74) is 4.43. The van der Waals surface area contributed by atoms with Crippen LogP contribution in [0.1, 0.15) is 75.3 Å². The molecule has 0 spiro atoms. The molecule has 1 unspecified atom stereocenters. The molecule has 1 heterocycles. The van der Waals surface area contributed by atoms with Crippen LogP contribution in [0.3, 0.4) is 0 Å². The Hall–Kier alpha value is -1.44. The lowest BCUT2D eigenvalue weighted by Crippen LogP contribution is -2.28. The highest BCUT2D eigenvalue weighted by Crippen LogP contribution is 2.40. The van der Waals surface area contributed by atoms with Crippen LogP contribution >= 0.6 is 0 Å². The monoisotopic (exact) mass is 367 g/mol. The van der Waals surface area contributed by atoms with Crippen LogP contribution in [-0.4, -0.2) is 24.6 Å². The van der Waals surface area contributed by atoms with Gasteiger partial charge in [-0.3, -0.25) is 0 Å². The molecular formula is C25H37NO. The van der Waals surface area contributed by atoms with Gasteiger partial charge in [0.05, 0.1) is 6.61 Å². The molecule has 1 aliphatic heterocycles. The van der Waals surface area contributed by atoms with Crippen molar-refractivity contribution in [2.45, 2.75) is 77.0 Å². The van der Waals surface area contributed by atoms with Crippen LogP contribution in [0, 0.1) is 11.8 Å². The van der Waals surface area contributed by atoms with Gasteiger partial charge in [0.15, 0.2) is 0 Å². The lowest BCUT2D eigenvalue weighted by atomic mass is 9.73. The minimum absolute atomic E-state index is 0.802. The van der Waals surface area contributed by atoms with E-state index in [0.29, 0.717) is 0 Å². The summed E-state index contributed by atoms with van der Waals surface area (Å²) >= 11 is 0. The summed E-state index contributed by atoms with van der Waals surface area (Å²) in [6.45, 7) is 7.50. The summed E-state index contributed by atoms with van der Waals surface area (Å²) in [6, 6.07) is 6.86. The maximum atomic E-state index is 6.10. The zero-order chi connectivity index (χ0) is 18.5. The molecule has 0 aromatic heterocycles. The fraction of sp³-hybridized carbons (Fsp3) is 0.680. The number of piperidine rings is 1. The third-order valence-corrected chi connectivity index (χ3v) is 7.24. The third kappa shape index (κ3) is 4.89. The van der Waals surface area contributed by atoms with Gasteiger partial charge in [0, 0.05) is 18.8 Å². The molecule has 0 N–H and O–H groups in total. The predicted molar refractivity (Wildman–Crippen MR) is 113 cm³/mol. The van der Waals surface area contributed by atoms with E-state index in [1.807, 2.05) is 0 Å². The van der Waals surface area contributed by atoms with Gasteiger partial charge in [-0.2, -0.15) is 0 Å². The third-order valence-electron chi connectivity index (χ3n) is 7.24. The van der Waals surface area contributed by atoms with E-state index in [0.717, 1.165) is 37.0 Å². The molecule has 0 radical (unpaired) electrons. The second-order valence-corrected chi connectivity index (χ2v) is 9.02. The highest BCUT2D eigenvalue weighted by atomic mass is 16.5. The van der Waals surface area contributed by atoms with Gasteiger partial charge in [-0.25, -0.2) is 0 Å². The van der Waals surface area contributed by atoms with Crippen molar-refractivity contribution in [1.29, 1.82) is 0 Å². The number of aryl methyl sites for hydroxylation is 2. The Labute approximate surface area is 166 Å². The lowest BCUT2D eigenvalue weighted by Gasteiger charge is -2.33. The Kier molecular flexibility index (Phi) is 6.42. The first-order chi connectivity index (χ1) is 13.3. The van der Waals surface area contributed by atoms with Crippen molar-refractivity contribution in [3.63, 3.8) is 0 Å². The Balaban J connectivity index is 1.22. The van der Waals surface area contributed by atoms with Crippen molar-refractivity contribution in [2.75, 3.05) is 19.7 Å². The normalized spacial score (nSPS) is 23.3. The molecule has 4 rings (SSSR count). The summed E-state index contributed by atoms with van der Waals surface area (Å²) in [7, 11) is 0. The molecule has 2 heteroatoms. The number of fused-ring (bicyclic) bond motifs is 1. The molecule has 2 fully saturated rings. The van der Waals surface area contributed by atoms with Crippen LogP contribution < -0.4 is 4.74 Å². The van der Waals surface area contributed by atoms with Crippen molar-refractivity contribution in [3.8, 4) is 5.75 Å². The zero-order valence-corrected chi connectivity index (χ0v) is 17.1. The number of allylic oxidation sites excluding steroid dienone is 1. The summed E-state index contributed by atoms with van der Waals surface area (Å²) in [5.74, 6) is 3.07. The second-order valence-electron chi connectivity index (χ2n) is 9.02. The summed E-state index contributed by atoms with van der Waals surface area (Å²) in [6.07, 6.45) is 15.9. The molecule has 1 atom stereocenters. The Morgan fingerprint density at radius 2 is 1.67 bits per heavy atom. The average molecular weight is 368 g/mol. The standard InChI is InChI=1S/C25H37NO/c1-20(26-16-3-2-4-17-26)7-6-18-27-25-15-14-23-11-10-22(21-8-5-9-21)12-13-24(23)19-25/h14-15,19,21-22H,1-13,16-18H2. The van der Waals surface area contributed by atoms with Gasteiger partial charge in [-0.1, -0.05) is 31.9 Å². The van der Waals surface area contributed by atoms with Gasteiger partial charge in [0.2, 0.25) is 0 Å². The van der Waals surface area contributed by atoms with Gasteiger partial charge in [-0.05, 0) is 92.9 Å². The van der Waals surface area contributed by atoms with Crippen molar-refractivity contribution in [2.24, 2.45) is 11.8 Å². The van der Waals surface area contributed by atoms with Crippen LogP contribution in [0.4, 0.5) is 0 Å². The molecule has 2 aliphatic carbocycles. The molecule has 27 heavy (non-hydrogen) atoms. The molecular weight excluding hydrogens is 330 g/mol. The molecule has 1 saturated carbocycles. The number of hydrogen-bond donors (Lipinski definition) is 0. The van der Waals surface area contributed by atoms with E-state index >= 15 is 0 Å². The van der Waals surface area contributed by atoms with Crippen molar-refractivity contribution in [3.05, 3.63) is 41.6 Å². The second kappa shape index (κ2) is 9.17. The molecule has 0 amide bonds. The van der Waals surface area contributed by atoms with E-state index in [1.54, 1.807) is 11.1 Å². The van der Waals surface area contributed by atoms with Gasteiger partial charge >= 0.3 is 0 Å². The van der Waals surface area contributed by atoms with Gasteiger partial charge in [0.1, 0.15) is 5.75 Å². The molecule has 2 nitrogen and oxygen atoms in total. The number of ether oxygens (including phenoxy) is 1. The van der Waals surface area contributed by atoms with Crippen molar-refractivity contribution in [1.82, 2.24) is 4.90 Å². The fourth-order valence-electron chi connectivity index (χ4n) is 5.21. The molecule has 3 aliphatic rings. The van der Waals surface area contributed by atoms with E-state index in [1.165, 1.54) is 83.0 Å². The average Bonchev–Trinajstić information content (AvgIpc) is 2.87. The molecule has 1 aromatic rings. The molecule has 1 saturated heterocycles. The largest absolute Gasteiger partial charge is 0.494 e. The first kappa shape index (κ1) is 18.9. The Bertz CT molecular complexity index is 627. The topological polar surface area (TPSA) is 12.5 Å². The highest BCUT2D eigenvalue weighted by Gasteiger charge is 2.28. The van der Waals surface area contributed by atoms with E-state index < -0.39 is 0 Å². The lowest BCUT2D eigenvalue weighted by molar-refractivity contribution is 0.188. The summed E-state index contributed by atoms with van der Waals surface area (Å²) in [4.78, 5) is 2.48. The van der Waals surface area contributed by atoms with Gasteiger partial charge in [0.25, 0.3) is 0 Å². The number of nitrogens with zero attached hydrogens (tertiary/aromatic N) is 1. The minimum Gasteiger partial charge on any atom is -0.494 e. The number of likely N-dealkylation sites (tertiary alicyclic amines) is 1. The van der Waals surface area contributed by atoms with Crippen molar-refractivity contribution >= 4 is 0 Å². The molecule has 148 valence electrons.